The van der Waals surface area contributed by atoms with E-state index < -0.39 is 15.7 Å². The molecule has 6 heteroatoms. The predicted molar refractivity (Wildman–Crippen MR) is 67.8 cm³/mol. The van der Waals surface area contributed by atoms with Gasteiger partial charge in [-0.15, -0.1) is 0 Å². The molecule has 0 aliphatic carbocycles. The van der Waals surface area contributed by atoms with Gasteiger partial charge in [-0.3, -0.25) is 4.79 Å². The van der Waals surface area contributed by atoms with E-state index >= 15 is 0 Å². The molecule has 0 bridgehead atoms. The molecule has 17 heavy (non-hydrogen) atoms. The Morgan fingerprint density at radius 3 is 2.71 bits per heavy atom. The standard InChI is InChI=1S/C11H16N2O3S/c1-2-17(15,16)7-6-13-10-5-3-4-9(8-10)11(12)14/h3-5,8,13H,2,6-7H2,1H3,(H2,12,14). The van der Waals surface area contributed by atoms with Crippen molar-refractivity contribution >= 4 is 21.4 Å². The van der Waals surface area contributed by atoms with Crippen molar-refractivity contribution in [3.05, 3.63) is 29.8 Å². The SMILES string of the molecule is CCS(=O)(=O)CCNc1cccc(C(N)=O)c1. The number of sulfone groups is 1. The fraction of sp³-hybridized carbons (Fsp3) is 0.364. The molecule has 0 unspecified atom stereocenters. The van der Waals surface area contributed by atoms with E-state index in [0.717, 1.165) is 0 Å². The van der Waals surface area contributed by atoms with Crippen LogP contribution in [0.4, 0.5) is 5.69 Å². The summed E-state index contributed by atoms with van der Waals surface area (Å²) in [5.41, 5.74) is 6.22. The number of carbonyl (C=O) groups is 1. The highest BCUT2D eigenvalue weighted by molar-refractivity contribution is 7.91. The Kier molecular flexibility index (Phi) is 4.51. The summed E-state index contributed by atoms with van der Waals surface area (Å²) in [6, 6.07) is 6.65. The largest absolute Gasteiger partial charge is 0.384 e. The Labute approximate surface area is 101 Å². The van der Waals surface area contributed by atoms with Crippen LogP contribution in [0.25, 0.3) is 0 Å². The van der Waals surface area contributed by atoms with E-state index in [1.165, 1.54) is 0 Å². The lowest BCUT2D eigenvalue weighted by atomic mass is 10.2. The first kappa shape index (κ1) is 13.5. The van der Waals surface area contributed by atoms with Crippen LogP contribution in [-0.4, -0.2) is 32.4 Å². The third kappa shape index (κ3) is 4.44. The molecule has 0 atom stereocenters. The summed E-state index contributed by atoms with van der Waals surface area (Å²) in [5.74, 6) is -0.296. The first-order valence-corrected chi connectivity index (χ1v) is 7.11. The van der Waals surface area contributed by atoms with E-state index in [4.69, 9.17) is 5.73 Å². The maximum Gasteiger partial charge on any atom is 0.248 e. The number of hydrogen-bond acceptors (Lipinski definition) is 4. The number of anilines is 1. The monoisotopic (exact) mass is 256 g/mol. The van der Waals surface area contributed by atoms with Crippen molar-refractivity contribution in [3.8, 4) is 0 Å². The lowest BCUT2D eigenvalue weighted by Crippen LogP contribution is -2.17. The average Bonchev–Trinajstić information content (AvgIpc) is 2.29. The summed E-state index contributed by atoms with van der Waals surface area (Å²) in [7, 11) is -2.97. The van der Waals surface area contributed by atoms with Crippen molar-refractivity contribution in [2.24, 2.45) is 5.73 Å². The number of amides is 1. The summed E-state index contributed by atoms with van der Waals surface area (Å²) >= 11 is 0. The second kappa shape index (κ2) is 5.67. The van der Waals surface area contributed by atoms with Crippen LogP contribution in [-0.2, 0) is 9.84 Å². The van der Waals surface area contributed by atoms with Gasteiger partial charge in [0.15, 0.2) is 9.84 Å². The highest BCUT2D eigenvalue weighted by Gasteiger charge is 2.06. The predicted octanol–water partition coefficient (Wildman–Crippen LogP) is 0.632. The minimum Gasteiger partial charge on any atom is -0.384 e. The molecule has 0 aliphatic rings. The highest BCUT2D eigenvalue weighted by Crippen LogP contribution is 2.09. The molecule has 94 valence electrons. The molecule has 0 radical (unpaired) electrons. The van der Waals surface area contributed by atoms with Crippen LogP contribution in [0.2, 0.25) is 0 Å². The van der Waals surface area contributed by atoms with Gasteiger partial charge in [-0.05, 0) is 18.2 Å². The van der Waals surface area contributed by atoms with Gasteiger partial charge in [0.25, 0.3) is 0 Å². The third-order valence-corrected chi connectivity index (χ3v) is 4.03. The Bertz CT molecular complexity index is 497. The zero-order valence-electron chi connectivity index (χ0n) is 9.64. The normalized spacial score (nSPS) is 11.1. The maximum atomic E-state index is 11.3. The molecule has 1 aromatic rings. The summed E-state index contributed by atoms with van der Waals surface area (Å²) in [6.45, 7) is 1.93. The van der Waals surface area contributed by atoms with Crippen LogP contribution in [0, 0.1) is 0 Å². The van der Waals surface area contributed by atoms with E-state index in [1.54, 1.807) is 31.2 Å². The molecule has 0 heterocycles. The number of primary amides is 1. The fourth-order valence-corrected chi connectivity index (χ4v) is 1.98. The summed E-state index contributed by atoms with van der Waals surface area (Å²) in [4.78, 5) is 10.9. The first-order valence-electron chi connectivity index (χ1n) is 5.29. The fourth-order valence-electron chi connectivity index (χ4n) is 1.28. The second-order valence-corrected chi connectivity index (χ2v) is 6.08. The van der Waals surface area contributed by atoms with E-state index in [9.17, 15) is 13.2 Å². The van der Waals surface area contributed by atoms with E-state index in [2.05, 4.69) is 5.32 Å². The van der Waals surface area contributed by atoms with Crippen LogP contribution < -0.4 is 11.1 Å². The molecule has 0 spiro atoms. The van der Waals surface area contributed by atoms with Crippen LogP contribution >= 0.6 is 0 Å². The molecule has 1 amide bonds. The van der Waals surface area contributed by atoms with Gasteiger partial charge < -0.3 is 11.1 Å². The van der Waals surface area contributed by atoms with Crippen molar-refractivity contribution in [1.29, 1.82) is 0 Å². The van der Waals surface area contributed by atoms with Gasteiger partial charge in [-0.2, -0.15) is 0 Å². The Morgan fingerprint density at radius 1 is 1.41 bits per heavy atom. The number of rotatable bonds is 6. The molecule has 1 aromatic carbocycles. The molecule has 0 aliphatic heterocycles. The zero-order valence-corrected chi connectivity index (χ0v) is 10.5. The van der Waals surface area contributed by atoms with Gasteiger partial charge in [-0.1, -0.05) is 13.0 Å². The maximum absolute atomic E-state index is 11.3. The zero-order chi connectivity index (χ0) is 12.9. The van der Waals surface area contributed by atoms with Gasteiger partial charge in [0.05, 0.1) is 5.75 Å². The second-order valence-electron chi connectivity index (χ2n) is 3.61. The molecule has 0 fully saturated rings. The number of nitrogens with one attached hydrogen (secondary N) is 1. The van der Waals surface area contributed by atoms with Crippen LogP contribution in [0.5, 0.6) is 0 Å². The molecule has 5 nitrogen and oxygen atoms in total. The number of carbonyl (C=O) groups excluding carboxylic acids is 1. The lowest BCUT2D eigenvalue weighted by Gasteiger charge is -2.07. The average molecular weight is 256 g/mol. The third-order valence-electron chi connectivity index (χ3n) is 2.33. The van der Waals surface area contributed by atoms with Crippen molar-refractivity contribution in [2.45, 2.75) is 6.92 Å². The minimum absolute atomic E-state index is 0.0737. The Balaban J connectivity index is 2.58. The van der Waals surface area contributed by atoms with Gasteiger partial charge in [0.1, 0.15) is 0 Å². The lowest BCUT2D eigenvalue weighted by molar-refractivity contribution is 0.100. The Morgan fingerprint density at radius 2 is 2.12 bits per heavy atom. The molecular formula is C11H16N2O3S. The minimum atomic E-state index is -2.97. The van der Waals surface area contributed by atoms with E-state index in [0.29, 0.717) is 17.8 Å². The van der Waals surface area contributed by atoms with Gasteiger partial charge in [0.2, 0.25) is 5.91 Å². The molecular weight excluding hydrogens is 240 g/mol. The van der Waals surface area contributed by atoms with Crippen molar-refractivity contribution < 1.29 is 13.2 Å². The molecule has 0 aromatic heterocycles. The van der Waals surface area contributed by atoms with E-state index in [1.807, 2.05) is 0 Å². The van der Waals surface area contributed by atoms with E-state index in [-0.39, 0.29) is 11.5 Å². The van der Waals surface area contributed by atoms with Crippen LogP contribution in [0.15, 0.2) is 24.3 Å². The number of benzene rings is 1. The topological polar surface area (TPSA) is 89.3 Å². The molecule has 1 rings (SSSR count). The smallest absolute Gasteiger partial charge is 0.248 e. The number of nitrogens with two attached hydrogens (primary N) is 1. The van der Waals surface area contributed by atoms with Crippen molar-refractivity contribution in [3.63, 3.8) is 0 Å². The summed E-state index contributed by atoms with van der Waals surface area (Å²) < 4.78 is 22.5. The van der Waals surface area contributed by atoms with Crippen LogP contribution in [0.1, 0.15) is 17.3 Å². The first-order chi connectivity index (χ1) is 7.94. The summed E-state index contributed by atoms with van der Waals surface area (Å²) in [6.07, 6.45) is 0. The van der Waals surface area contributed by atoms with Gasteiger partial charge >= 0.3 is 0 Å². The van der Waals surface area contributed by atoms with Gasteiger partial charge in [0, 0.05) is 23.5 Å². The molecule has 0 saturated heterocycles. The molecule has 3 N–H and O–H groups in total. The van der Waals surface area contributed by atoms with Crippen molar-refractivity contribution in [1.82, 2.24) is 0 Å². The molecule has 0 saturated carbocycles. The van der Waals surface area contributed by atoms with Crippen LogP contribution in [0.3, 0.4) is 0 Å². The Hall–Kier alpha value is -1.56. The highest BCUT2D eigenvalue weighted by atomic mass is 32.2. The van der Waals surface area contributed by atoms with Crippen molar-refractivity contribution in [2.75, 3.05) is 23.4 Å². The number of hydrogen-bond donors (Lipinski definition) is 2. The quantitative estimate of drug-likeness (QED) is 0.781. The summed E-state index contributed by atoms with van der Waals surface area (Å²) in [5, 5.41) is 2.94. The van der Waals surface area contributed by atoms with Gasteiger partial charge in [-0.25, -0.2) is 8.42 Å².